The van der Waals surface area contributed by atoms with Gasteiger partial charge in [0, 0.05) is 23.7 Å². The number of benzene rings is 1. The number of aromatic amines is 1. The first kappa shape index (κ1) is 15.1. The molecule has 0 aliphatic rings. The fourth-order valence-electron chi connectivity index (χ4n) is 1.63. The van der Waals surface area contributed by atoms with E-state index in [1.54, 1.807) is 30.7 Å². The van der Waals surface area contributed by atoms with Gasteiger partial charge in [-0.1, -0.05) is 23.4 Å². The van der Waals surface area contributed by atoms with Crippen LogP contribution in [-0.4, -0.2) is 27.6 Å². The molecule has 0 unspecified atom stereocenters. The van der Waals surface area contributed by atoms with Gasteiger partial charge >= 0.3 is 0 Å². The topological polar surface area (TPSA) is 78.0 Å². The summed E-state index contributed by atoms with van der Waals surface area (Å²) in [7, 11) is 0. The summed E-state index contributed by atoms with van der Waals surface area (Å²) >= 11 is 6.09. The predicted molar refractivity (Wildman–Crippen MR) is 79.8 cm³/mol. The van der Waals surface area contributed by atoms with E-state index in [1.165, 1.54) is 0 Å². The summed E-state index contributed by atoms with van der Waals surface area (Å²) in [5.74, 6) is 5.41. The Balaban J connectivity index is 2.02. The molecule has 108 valence electrons. The van der Waals surface area contributed by atoms with Gasteiger partial charge in [-0.05, 0) is 18.2 Å². The molecule has 0 spiro atoms. The van der Waals surface area contributed by atoms with E-state index in [9.17, 15) is 4.79 Å². The lowest BCUT2D eigenvalue weighted by Gasteiger charge is -2.05. The molecule has 5 nitrogen and oxygen atoms in total. The molecule has 2 aromatic rings. The molecule has 3 N–H and O–H groups in total. The highest BCUT2D eigenvalue weighted by atomic mass is 35.5. The van der Waals surface area contributed by atoms with E-state index in [-0.39, 0.29) is 12.5 Å². The maximum absolute atomic E-state index is 12.0. The van der Waals surface area contributed by atoms with Gasteiger partial charge in [-0.3, -0.25) is 4.79 Å². The van der Waals surface area contributed by atoms with Crippen LogP contribution in [0.25, 0.3) is 0 Å². The third-order valence-corrected chi connectivity index (χ3v) is 3.00. The van der Waals surface area contributed by atoms with E-state index in [0.29, 0.717) is 29.1 Å². The van der Waals surface area contributed by atoms with Crippen molar-refractivity contribution in [1.29, 1.82) is 0 Å². The number of hydrogen-bond acceptors (Lipinski definition) is 3. The lowest BCUT2D eigenvalue weighted by atomic mass is 10.1. The van der Waals surface area contributed by atoms with Crippen LogP contribution in [0.3, 0.4) is 0 Å². The van der Waals surface area contributed by atoms with Gasteiger partial charge in [-0.25, -0.2) is 4.98 Å². The number of halogens is 1. The smallest absolute Gasteiger partial charge is 0.251 e. The number of imidazole rings is 1. The molecule has 0 aliphatic heterocycles. The number of amides is 1. The molecule has 6 heteroatoms. The van der Waals surface area contributed by atoms with Gasteiger partial charge in [0.05, 0.1) is 30.2 Å². The summed E-state index contributed by atoms with van der Waals surface area (Å²) in [5.41, 5.74) is 1.92. The van der Waals surface area contributed by atoms with Gasteiger partial charge in [0.15, 0.2) is 0 Å². The number of rotatable bonds is 4. The molecular weight excluding hydrogens is 290 g/mol. The number of aliphatic hydroxyl groups is 1. The molecule has 0 bridgehead atoms. The lowest BCUT2D eigenvalue weighted by Crippen LogP contribution is -2.22. The molecule has 0 aliphatic carbocycles. The zero-order chi connectivity index (χ0) is 15.1. The third kappa shape index (κ3) is 4.35. The van der Waals surface area contributed by atoms with Gasteiger partial charge in [0.2, 0.25) is 0 Å². The largest absolute Gasteiger partial charge is 0.395 e. The number of aliphatic hydroxyl groups excluding tert-OH is 1. The van der Waals surface area contributed by atoms with Gasteiger partial charge < -0.3 is 15.4 Å². The molecule has 0 saturated heterocycles. The average molecular weight is 304 g/mol. The van der Waals surface area contributed by atoms with Crippen molar-refractivity contribution in [3.8, 4) is 11.8 Å². The fraction of sp³-hybridized carbons (Fsp3) is 0.200. The minimum atomic E-state index is -0.221. The second kappa shape index (κ2) is 7.48. The van der Waals surface area contributed by atoms with Crippen molar-refractivity contribution in [2.45, 2.75) is 13.0 Å². The van der Waals surface area contributed by atoms with Crippen molar-refractivity contribution in [1.82, 2.24) is 15.3 Å². The first-order chi connectivity index (χ1) is 10.2. The first-order valence-electron chi connectivity index (χ1n) is 6.35. The Morgan fingerprint density at radius 3 is 3.00 bits per heavy atom. The summed E-state index contributed by atoms with van der Waals surface area (Å²) in [6, 6.07) is 4.93. The Hall–Kier alpha value is -2.29. The van der Waals surface area contributed by atoms with E-state index >= 15 is 0 Å². The van der Waals surface area contributed by atoms with Crippen LogP contribution in [0.1, 0.15) is 28.0 Å². The molecule has 0 fully saturated rings. The van der Waals surface area contributed by atoms with Crippen LogP contribution in [0.4, 0.5) is 0 Å². The summed E-state index contributed by atoms with van der Waals surface area (Å²) in [4.78, 5) is 18.8. The fourth-order valence-corrected chi connectivity index (χ4v) is 1.86. The highest BCUT2D eigenvalue weighted by Gasteiger charge is 2.08. The number of carbonyl (C=O) groups is 1. The molecule has 21 heavy (non-hydrogen) atoms. The third-order valence-electron chi connectivity index (χ3n) is 2.69. The van der Waals surface area contributed by atoms with Gasteiger partial charge in [-0.2, -0.15) is 0 Å². The van der Waals surface area contributed by atoms with Gasteiger partial charge in [-0.15, -0.1) is 0 Å². The maximum atomic E-state index is 12.0. The lowest BCUT2D eigenvalue weighted by molar-refractivity contribution is 0.0950. The minimum absolute atomic E-state index is 0.0126. The quantitative estimate of drug-likeness (QED) is 0.753. The molecule has 0 saturated carbocycles. The summed E-state index contributed by atoms with van der Waals surface area (Å²) in [6.45, 7) is 0.382. The molecule has 1 amide bonds. The van der Waals surface area contributed by atoms with E-state index in [1.807, 2.05) is 0 Å². The normalized spacial score (nSPS) is 9.81. The number of aromatic nitrogens is 2. The zero-order valence-corrected chi connectivity index (χ0v) is 11.9. The van der Waals surface area contributed by atoms with E-state index < -0.39 is 0 Å². The van der Waals surface area contributed by atoms with Crippen molar-refractivity contribution in [3.05, 3.63) is 52.6 Å². The van der Waals surface area contributed by atoms with E-state index in [4.69, 9.17) is 16.7 Å². The second-order valence-electron chi connectivity index (χ2n) is 4.23. The summed E-state index contributed by atoms with van der Waals surface area (Å²) < 4.78 is 0. The average Bonchev–Trinajstić information content (AvgIpc) is 3.00. The molecule has 0 radical (unpaired) electrons. The Morgan fingerprint density at radius 1 is 1.48 bits per heavy atom. The SMILES string of the molecule is O=C(NCc1cnc[nH]1)c1ccc(C#CCCO)c(Cl)c1. The van der Waals surface area contributed by atoms with Crippen LogP contribution in [0.2, 0.25) is 5.02 Å². The summed E-state index contributed by atoms with van der Waals surface area (Å²) in [6.07, 6.45) is 3.59. The Bertz CT molecular complexity index is 672. The van der Waals surface area contributed by atoms with Crippen molar-refractivity contribution < 1.29 is 9.90 Å². The summed E-state index contributed by atoms with van der Waals surface area (Å²) in [5, 5.41) is 11.8. The monoisotopic (exact) mass is 303 g/mol. The number of nitrogens with one attached hydrogen (secondary N) is 2. The molecule has 1 heterocycles. The Morgan fingerprint density at radius 2 is 2.33 bits per heavy atom. The van der Waals surface area contributed by atoms with Crippen LogP contribution in [-0.2, 0) is 6.54 Å². The van der Waals surface area contributed by atoms with E-state index in [0.717, 1.165) is 5.69 Å². The first-order valence-corrected chi connectivity index (χ1v) is 6.73. The highest BCUT2D eigenvalue weighted by Crippen LogP contribution is 2.17. The van der Waals surface area contributed by atoms with Gasteiger partial charge in [0.1, 0.15) is 0 Å². The van der Waals surface area contributed by atoms with Crippen LogP contribution in [0.5, 0.6) is 0 Å². The molecule has 0 atom stereocenters. The maximum Gasteiger partial charge on any atom is 0.251 e. The van der Waals surface area contributed by atoms with Crippen LogP contribution in [0, 0.1) is 11.8 Å². The van der Waals surface area contributed by atoms with Crippen molar-refractivity contribution >= 4 is 17.5 Å². The molecule has 1 aromatic heterocycles. The van der Waals surface area contributed by atoms with Crippen LogP contribution >= 0.6 is 11.6 Å². The second-order valence-corrected chi connectivity index (χ2v) is 4.64. The Labute approximate surface area is 127 Å². The van der Waals surface area contributed by atoms with Crippen LogP contribution in [0.15, 0.2) is 30.7 Å². The van der Waals surface area contributed by atoms with Crippen molar-refractivity contribution in [2.75, 3.05) is 6.61 Å². The highest BCUT2D eigenvalue weighted by molar-refractivity contribution is 6.32. The Kier molecular flexibility index (Phi) is 5.38. The van der Waals surface area contributed by atoms with E-state index in [2.05, 4.69) is 27.1 Å². The number of nitrogens with zero attached hydrogens (tertiary/aromatic N) is 1. The number of hydrogen-bond donors (Lipinski definition) is 3. The van der Waals surface area contributed by atoms with Gasteiger partial charge in [0.25, 0.3) is 5.91 Å². The predicted octanol–water partition coefficient (Wildman–Crippen LogP) is 1.73. The minimum Gasteiger partial charge on any atom is -0.395 e. The molecular formula is C15H14ClN3O2. The number of carbonyl (C=O) groups excluding carboxylic acids is 1. The molecule has 2 rings (SSSR count). The van der Waals surface area contributed by atoms with Crippen molar-refractivity contribution in [2.24, 2.45) is 0 Å². The number of H-pyrrole nitrogens is 1. The molecule has 1 aromatic carbocycles. The standard InChI is InChI=1S/C15H14ClN3O2/c16-14-7-12(5-4-11(14)3-1-2-6-20)15(21)18-9-13-8-17-10-19-13/h4-5,7-8,10,20H,2,6,9H2,(H,17,19)(H,18,21). The van der Waals surface area contributed by atoms with Crippen LogP contribution < -0.4 is 5.32 Å². The zero-order valence-electron chi connectivity index (χ0n) is 11.2. The van der Waals surface area contributed by atoms with Crippen molar-refractivity contribution in [3.63, 3.8) is 0 Å².